The second kappa shape index (κ2) is 12.5. The summed E-state index contributed by atoms with van der Waals surface area (Å²) >= 11 is 0. The Kier molecular flexibility index (Phi) is 9.99. The quantitative estimate of drug-likeness (QED) is 0.188. The molecule has 0 atom stereocenters. The third-order valence-electron chi connectivity index (χ3n) is 4.50. The number of nitrogens with one attached hydrogen (secondary N) is 2. The lowest BCUT2D eigenvalue weighted by Gasteiger charge is -2.12. The van der Waals surface area contributed by atoms with Crippen LogP contribution < -0.4 is 10.6 Å². The van der Waals surface area contributed by atoms with Gasteiger partial charge in [0.05, 0.1) is 17.3 Å². The van der Waals surface area contributed by atoms with Gasteiger partial charge in [0.1, 0.15) is 18.2 Å². The van der Waals surface area contributed by atoms with Crippen LogP contribution in [0.5, 0.6) is 0 Å². The minimum absolute atomic E-state index is 0. The van der Waals surface area contributed by atoms with Gasteiger partial charge in [-0.05, 0) is 44.0 Å². The Bertz CT molecular complexity index is 876. The molecule has 0 fully saturated rings. The van der Waals surface area contributed by atoms with Gasteiger partial charge < -0.3 is 24.4 Å². The monoisotopic (exact) mass is 511 g/mol. The zero-order valence-electron chi connectivity index (χ0n) is 17.1. The molecule has 0 spiro atoms. The van der Waals surface area contributed by atoms with Crippen molar-refractivity contribution in [2.75, 3.05) is 26.7 Å². The first kappa shape index (κ1) is 23.2. The predicted octanol–water partition coefficient (Wildman–Crippen LogP) is 3.72. The number of hydrogen-bond acceptors (Lipinski definition) is 4. The molecule has 2 aromatic heterocycles. The van der Waals surface area contributed by atoms with E-state index in [0.29, 0.717) is 13.2 Å². The highest BCUT2D eigenvalue weighted by Crippen LogP contribution is 2.15. The molecule has 0 saturated carbocycles. The van der Waals surface area contributed by atoms with Gasteiger partial charge in [-0.1, -0.05) is 12.1 Å². The molecule has 0 radical (unpaired) electrons. The fraction of sp³-hybridized carbons (Fsp3) is 0.429. The van der Waals surface area contributed by atoms with Gasteiger partial charge in [-0.3, -0.25) is 4.99 Å². The number of aryl methyl sites for hydroxylation is 2. The molecular formula is C21H30IN5O2. The molecule has 0 amide bonds. The number of aromatic nitrogens is 2. The molecule has 0 aliphatic carbocycles. The lowest BCUT2D eigenvalue weighted by atomic mass is 10.3. The van der Waals surface area contributed by atoms with Crippen molar-refractivity contribution in [1.82, 2.24) is 20.2 Å². The van der Waals surface area contributed by atoms with Crippen LogP contribution in [0.3, 0.4) is 0 Å². The van der Waals surface area contributed by atoms with E-state index in [1.165, 1.54) is 5.52 Å². The first-order valence-corrected chi connectivity index (χ1v) is 9.74. The highest BCUT2D eigenvalue weighted by Gasteiger charge is 2.06. The Hall–Kier alpha value is -2.07. The van der Waals surface area contributed by atoms with Gasteiger partial charge in [-0.25, -0.2) is 4.98 Å². The largest absolute Gasteiger partial charge is 0.467 e. The van der Waals surface area contributed by atoms with Crippen LogP contribution in [0.2, 0.25) is 0 Å². The maximum atomic E-state index is 5.58. The zero-order chi connectivity index (χ0) is 19.6. The molecule has 0 aliphatic heterocycles. The molecule has 29 heavy (non-hydrogen) atoms. The summed E-state index contributed by atoms with van der Waals surface area (Å²) in [5.74, 6) is 2.72. The van der Waals surface area contributed by atoms with E-state index in [1.807, 2.05) is 18.2 Å². The Morgan fingerprint density at radius 2 is 1.93 bits per heavy atom. The summed E-state index contributed by atoms with van der Waals surface area (Å²) in [6.07, 6.45) is 3.56. The van der Waals surface area contributed by atoms with E-state index in [1.54, 1.807) is 13.3 Å². The summed E-state index contributed by atoms with van der Waals surface area (Å²) in [7, 11) is 1.79. The average molecular weight is 511 g/mol. The SMILES string of the molecule is CN=C(NCCCOCc1ccco1)NCCCn1c(C)nc2ccccc21.I. The molecular weight excluding hydrogens is 481 g/mol. The number of imidazole rings is 1. The number of halogens is 1. The number of guanidine groups is 1. The van der Waals surface area contributed by atoms with Crippen molar-refractivity contribution >= 4 is 41.0 Å². The standard InChI is InChI=1S/C21H29N5O2.HI/c1-17-25-19-9-3-4-10-20(19)26(17)13-6-11-23-21(22-2)24-12-7-14-27-16-18-8-5-15-28-18;/h3-5,8-10,15H,6-7,11-14,16H2,1-2H3,(H2,22,23,24);1H. The Morgan fingerprint density at radius 3 is 2.69 bits per heavy atom. The van der Waals surface area contributed by atoms with Crippen molar-refractivity contribution in [3.8, 4) is 0 Å². The van der Waals surface area contributed by atoms with Crippen LogP contribution in [0.15, 0.2) is 52.1 Å². The summed E-state index contributed by atoms with van der Waals surface area (Å²) in [5, 5.41) is 6.68. The Labute approximate surface area is 189 Å². The van der Waals surface area contributed by atoms with Crippen molar-refractivity contribution in [2.45, 2.75) is 32.9 Å². The topological polar surface area (TPSA) is 76.6 Å². The smallest absolute Gasteiger partial charge is 0.190 e. The zero-order valence-corrected chi connectivity index (χ0v) is 19.4. The summed E-state index contributed by atoms with van der Waals surface area (Å²) < 4.78 is 13.1. The summed E-state index contributed by atoms with van der Waals surface area (Å²) in [5.41, 5.74) is 2.25. The number of aliphatic imine (C=N–C) groups is 1. The molecule has 1 aromatic carbocycles. The first-order chi connectivity index (χ1) is 13.8. The molecule has 3 aromatic rings. The van der Waals surface area contributed by atoms with Crippen LogP contribution in [-0.4, -0.2) is 42.3 Å². The average Bonchev–Trinajstić information content (AvgIpc) is 3.33. The third-order valence-corrected chi connectivity index (χ3v) is 4.50. The van der Waals surface area contributed by atoms with Gasteiger partial charge in [0.15, 0.2) is 5.96 Å². The molecule has 8 heteroatoms. The van der Waals surface area contributed by atoms with Crippen LogP contribution in [0.4, 0.5) is 0 Å². The highest BCUT2D eigenvalue weighted by atomic mass is 127. The summed E-state index contributed by atoms with van der Waals surface area (Å²) in [6.45, 7) is 5.84. The van der Waals surface area contributed by atoms with Gasteiger partial charge in [0.2, 0.25) is 0 Å². The van der Waals surface area contributed by atoms with E-state index in [2.05, 4.69) is 50.3 Å². The van der Waals surface area contributed by atoms with E-state index < -0.39 is 0 Å². The molecule has 7 nitrogen and oxygen atoms in total. The summed E-state index contributed by atoms with van der Waals surface area (Å²) in [4.78, 5) is 8.88. The van der Waals surface area contributed by atoms with Gasteiger partial charge in [-0.2, -0.15) is 0 Å². The molecule has 3 rings (SSSR count). The van der Waals surface area contributed by atoms with Crippen LogP contribution in [0.25, 0.3) is 11.0 Å². The number of rotatable bonds is 10. The summed E-state index contributed by atoms with van der Waals surface area (Å²) in [6, 6.07) is 12.0. The van der Waals surface area contributed by atoms with Crippen molar-refractivity contribution in [3.05, 3.63) is 54.2 Å². The van der Waals surface area contributed by atoms with E-state index in [0.717, 1.165) is 55.5 Å². The number of nitrogens with zero attached hydrogens (tertiary/aromatic N) is 3. The number of fused-ring (bicyclic) bond motifs is 1. The molecule has 0 aliphatic rings. The van der Waals surface area contributed by atoms with Crippen LogP contribution >= 0.6 is 24.0 Å². The Morgan fingerprint density at radius 1 is 1.14 bits per heavy atom. The maximum Gasteiger partial charge on any atom is 0.190 e. The van der Waals surface area contributed by atoms with Crippen molar-refractivity contribution < 1.29 is 9.15 Å². The fourth-order valence-corrected chi connectivity index (χ4v) is 3.09. The van der Waals surface area contributed by atoms with Crippen molar-refractivity contribution in [2.24, 2.45) is 4.99 Å². The second-order valence-electron chi connectivity index (χ2n) is 6.56. The van der Waals surface area contributed by atoms with E-state index in [-0.39, 0.29) is 24.0 Å². The van der Waals surface area contributed by atoms with Crippen LogP contribution in [0, 0.1) is 6.92 Å². The lowest BCUT2D eigenvalue weighted by molar-refractivity contribution is 0.105. The number of para-hydroxylation sites is 2. The molecule has 2 heterocycles. The number of furan rings is 1. The molecule has 2 N–H and O–H groups in total. The lowest BCUT2D eigenvalue weighted by Crippen LogP contribution is -2.38. The fourth-order valence-electron chi connectivity index (χ4n) is 3.09. The molecule has 0 bridgehead atoms. The second-order valence-corrected chi connectivity index (χ2v) is 6.56. The molecule has 158 valence electrons. The van der Waals surface area contributed by atoms with E-state index in [4.69, 9.17) is 9.15 Å². The van der Waals surface area contributed by atoms with Crippen LogP contribution in [0.1, 0.15) is 24.4 Å². The minimum atomic E-state index is 0. The third kappa shape index (κ3) is 7.04. The van der Waals surface area contributed by atoms with Gasteiger partial charge >= 0.3 is 0 Å². The first-order valence-electron chi connectivity index (χ1n) is 9.74. The molecule has 0 saturated heterocycles. The maximum absolute atomic E-state index is 5.58. The number of benzene rings is 1. The molecule has 0 unspecified atom stereocenters. The normalized spacial score (nSPS) is 11.4. The number of hydrogen-bond donors (Lipinski definition) is 2. The van der Waals surface area contributed by atoms with Crippen molar-refractivity contribution in [3.63, 3.8) is 0 Å². The number of ether oxygens (including phenoxy) is 1. The van der Waals surface area contributed by atoms with Gasteiger partial charge in [-0.15, -0.1) is 24.0 Å². The van der Waals surface area contributed by atoms with Crippen LogP contribution in [-0.2, 0) is 17.9 Å². The Balaban J connectivity index is 0.00000300. The predicted molar refractivity (Wildman–Crippen MR) is 127 cm³/mol. The van der Waals surface area contributed by atoms with E-state index in [9.17, 15) is 0 Å². The van der Waals surface area contributed by atoms with Gasteiger partial charge in [0, 0.05) is 33.3 Å². The highest BCUT2D eigenvalue weighted by molar-refractivity contribution is 14.0. The van der Waals surface area contributed by atoms with Crippen molar-refractivity contribution in [1.29, 1.82) is 0 Å². The van der Waals surface area contributed by atoms with Gasteiger partial charge in [0.25, 0.3) is 0 Å². The minimum Gasteiger partial charge on any atom is -0.467 e. The van der Waals surface area contributed by atoms with E-state index >= 15 is 0 Å².